The summed E-state index contributed by atoms with van der Waals surface area (Å²) < 4.78 is 5.75. The summed E-state index contributed by atoms with van der Waals surface area (Å²) in [5.41, 5.74) is -0.265. The molecular weight excluding hydrogens is 348 g/mol. The molecule has 0 aromatic heterocycles. The molecule has 0 unspecified atom stereocenters. The number of hydrogen-bond donors (Lipinski definition) is 0. The topological polar surface area (TPSA) is 73.9 Å². The largest absolute Gasteiger partial charge is 0.355 e. The van der Waals surface area contributed by atoms with Crippen molar-refractivity contribution in [3.05, 3.63) is 117 Å². The van der Waals surface area contributed by atoms with E-state index in [0.29, 0.717) is 27.8 Å². The van der Waals surface area contributed by atoms with Crippen molar-refractivity contribution < 1.29 is 4.74 Å². The van der Waals surface area contributed by atoms with Crippen molar-refractivity contribution in [2.45, 2.75) is 11.0 Å². The molecule has 0 saturated carbocycles. The van der Waals surface area contributed by atoms with Gasteiger partial charge in [0.05, 0.1) is 6.07 Å². The third-order valence-corrected chi connectivity index (χ3v) is 5.45. The highest BCUT2D eigenvalue weighted by atomic mass is 16.5. The molecule has 3 aromatic rings. The minimum absolute atomic E-state index is 0.238. The fourth-order valence-electron chi connectivity index (χ4n) is 4.22. The summed E-state index contributed by atoms with van der Waals surface area (Å²) in [6.07, 6.45) is 0. The van der Waals surface area contributed by atoms with Crippen LogP contribution in [-0.2, 0) is 15.8 Å². The molecule has 0 radical (unpaired) electrons. The van der Waals surface area contributed by atoms with Crippen LogP contribution in [0.2, 0.25) is 0 Å². The average molecular weight is 364 g/mol. The van der Waals surface area contributed by atoms with Crippen LogP contribution in [0.25, 0.3) is 0 Å². The van der Waals surface area contributed by atoms with E-state index in [9.17, 15) is 15.3 Å². The van der Waals surface area contributed by atoms with Gasteiger partial charge in [0.2, 0.25) is 5.60 Å². The van der Waals surface area contributed by atoms with Gasteiger partial charge in [-0.15, -0.1) is 0 Å². The molecule has 4 nitrogen and oxygen atoms in total. The van der Waals surface area contributed by atoms with Gasteiger partial charge in [-0.2, -0.15) is 10.5 Å². The smallest absolute Gasteiger partial charge is 0.205 e. The lowest BCUT2D eigenvalue weighted by Gasteiger charge is -2.42. The second-order valence-corrected chi connectivity index (χ2v) is 6.64. The lowest BCUT2D eigenvalue weighted by molar-refractivity contribution is 0.0673. The van der Waals surface area contributed by atoms with E-state index in [1.807, 2.05) is 24.3 Å². The maximum atomic E-state index is 13.0. The molecule has 0 fully saturated rings. The van der Waals surface area contributed by atoms with Crippen LogP contribution in [0.5, 0.6) is 0 Å². The predicted octanol–water partition coefficient (Wildman–Crippen LogP) is 3.63. The number of ether oxygens (including phenoxy) is 1. The summed E-state index contributed by atoms with van der Waals surface area (Å²) in [4.78, 5) is 13.0. The van der Waals surface area contributed by atoms with Gasteiger partial charge in [-0.25, -0.2) is 0 Å². The van der Waals surface area contributed by atoms with Crippen molar-refractivity contribution in [3.63, 3.8) is 0 Å². The van der Waals surface area contributed by atoms with Crippen LogP contribution in [0, 0.1) is 22.7 Å². The number of benzene rings is 2. The molecule has 4 rings (SSSR count). The molecular formula is C24H16N2O2. The Morgan fingerprint density at radius 1 is 0.679 bits per heavy atom. The molecule has 0 saturated heterocycles. The summed E-state index contributed by atoms with van der Waals surface area (Å²) in [7, 11) is 1.48. The van der Waals surface area contributed by atoms with E-state index in [0.717, 1.165) is 0 Å². The first kappa shape index (κ1) is 17.7. The molecule has 0 aliphatic heterocycles. The Morgan fingerprint density at radius 2 is 1.14 bits per heavy atom. The van der Waals surface area contributed by atoms with E-state index >= 15 is 0 Å². The minimum atomic E-state index is -1.35. The second-order valence-electron chi connectivity index (χ2n) is 6.64. The molecule has 1 aliphatic rings. The lowest BCUT2D eigenvalue weighted by atomic mass is 9.60. The summed E-state index contributed by atoms with van der Waals surface area (Å²) >= 11 is 0. The zero-order valence-corrected chi connectivity index (χ0v) is 15.2. The van der Waals surface area contributed by atoms with Gasteiger partial charge in [-0.05, 0) is 17.2 Å². The SMILES string of the molecule is COC1(C#N)c2ccccc2C(C#N)(c2cccccc2=O)c2ccccc21. The van der Waals surface area contributed by atoms with Gasteiger partial charge in [-0.1, -0.05) is 72.8 Å². The molecule has 28 heavy (non-hydrogen) atoms. The molecule has 4 heteroatoms. The highest BCUT2D eigenvalue weighted by Gasteiger charge is 2.53. The van der Waals surface area contributed by atoms with Gasteiger partial charge in [-0.3, -0.25) is 4.79 Å². The Kier molecular flexibility index (Phi) is 4.08. The molecule has 0 heterocycles. The van der Waals surface area contributed by atoms with Gasteiger partial charge in [0.25, 0.3) is 0 Å². The number of nitrogens with zero attached hydrogens (tertiary/aromatic N) is 2. The highest BCUT2D eigenvalue weighted by molar-refractivity contribution is 5.69. The molecule has 1 aliphatic carbocycles. The van der Waals surface area contributed by atoms with E-state index in [1.165, 1.54) is 13.2 Å². The third-order valence-electron chi connectivity index (χ3n) is 5.45. The van der Waals surface area contributed by atoms with E-state index < -0.39 is 11.0 Å². The van der Waals surface area contributed by atoms with Crippen LogP contribution in [-0.4, -0.2) is 7.11 Å². The van der Waals surface area contributed by atoms with Crippen LogP contribution in [0.4, 0.5) is 0 Å². The van der Waals surface area contributed by atoms with E-state index in [-0.39, 0.29) is 5.43 Å². The predicted molar refractivity (Wildman–Crippen MR) is 104 cm³/mol. The van der Waals surface area contributed by atoms with E-state index in [1.54, 1.807) is 48.5 Å². The Hall–Kier alpha value is -3.73. The maximum absolute atomic E-state index is 13.0. The van der Waals surface area contributed by atoms with Crippen molar-refractivity contribution in [3.8, 4) is 12.1 Å². The molecule has 0 amide bonds. The van der Waals surface area contributed by atoms with Crippen molar-refractivity contribution in [2.75, 3.05) is 7.11 Å². The van der Waals surface area contributed by atoms with Gasteiger partial charge in [0.15, 0.2) is 5.43 Å². The maximum Gasteiger partial charge on any atom is 0.205 e. The van der Waals surface area contributed by atoms with Gasteiger partial charge in [0.1, 0.15) is 11.5 Å². The van der Waals surface area contributed by atoms with Gasteiger partial charge < -0.3 is 4.74 Å². The lowest BCUT2D eigenvalue weighted by Crippen LogP contribution is -2.44. The fraction of sp³-hybridized carbons (Fsp3) is 0.125. The first-order valence-electron chi connectivity index (χ1n) is 8.83. The normalized spacial score (nSPS) is 22.2. The third kappa shape index (κ3) is 2.10. The van der Waals surface area contributed by atoms with Crippen LogP contribution >= 0.6 is 0 Å². The van der Waals surface area contributed by atoms with Crippen molar-refractivity contribution in [1.29, 1.82) is 10.5 Å². The molecule has 0 N–H and O–H groups in total. The molecule has 0 bridgehead atoms. The average Bonchev–Trinajstić information content (AvgIpc) is 2.97. The van der Waals surface area contributed by atoms with E-state index in [4.69, 9.17) is 4.74 Å². The minimum Gasteiger partial charge on any atom is -0.355 e. The van der Waals surface area contributed by atoms with Gasteiger partial charge in [0, 0.05) is 23.8 Å². The van der Waals surface area contributed by atoms with Crippen LogP contribution in [0.1, 0.15) is 27.8 Å². The Morgan fingerprint density at radius 3 is 1.64 bits per heavy atom. The van der Waals surface area contributed by atoms with Crippen molar-refractivity contribution in [1.82, 2.24) is 0 Å². The summed E-state index contributed by atoms with van der Waals surface area (Å²) in [6.45, 7) is 0. The zero-order chi connectivity index (χ0) is 19.8. The standard InChI is InChI=1S/C24H16N2O2/c1-28-24(16-26)19-11-7-5-9-17(19)23(15-25,18-10-6-8-12-20(18)24)21-13-3-2-4-14-22(21)27/h2-14H,1H3. The Bertz CT molecular complexity index is 1170. The zero-order valence-electron chi connectivity index (χ0n) is 15.2. The molecule has 3 aromatic carbocycles. The highest BCUT2D eigenvalue weighted by Crippen LogP contribution is 2.52. The number of rotatable bonds is 2. The van der Waals surface area contributed by atoms with E-state index in [2.05, 4.69) is 12.1 Å². The van der Waals surface area contributed by atoms with Crippen LogP contribution in [0.15, 0.2) is 83.7 Å². The number of fused-ring (bicyclic) bond motifs is 2. The Labute approximate surface area is 162 Å². The first-order valence-corrected chi connectivity index (χ1v) is 8.83. The fourth-order valence-corrected chi connectivity index (χ4v) is 4.22. The number of methoxy groups -OCH3 is 1. The number of nitriles is 2. The molecule has 134 valence electrons. The van der Waals surface area contributed by atoms with Crippen molar-refractivity contribution >= 4 is 0 Å². The van der Waals surface area contributed by atoms with Crippen LogP contribution < -0.4 is 5.43 Å². The quantitative estimate of drug-likeness (QED) is 0.696. The monoisotopic (exact) mass is 364 g/mol. The van der Waals surface area contributed by atoms with Gasteiger partial charge >= 0.3 is 0 Å². The Balaban J connectivity index is 2.27. The van der Waals surface area contributed by atoms with Crippen molar-refractivity contribution in [2.24, 2.45) is 0 Å². The summed E-state index contributed by atoms with van der Waals surface area (Å²) in [5.74, 6) is 0. The second kappa shape index (κ2) is 6.46. The summed E-state index contributed by atoms with van der Waals surface area (Å²) in [6, 6.07) is 27.4. The summed E-state index contributed by atoms with van der Waals surface area (Å²) in [5, 5.41) is 20.6. The number of hydrogen-bond acceptors (Lipinski definition) is 4. The first-order chi connectivity index (χ1) is 13.7. The van der Waals surface area contributed by atoms with Crippen LogP contribution in [0.3, 0.4) is 0 Å². The molecule has 0 atom stereocenters. The molecule has 0 spiro atoms.